The van der Waals surface area contributed by atoms with E-state index >= 15 is 0 Å². The third-order valence-electron chi connectivity index (χ3n) is 2.56. The van der Waals surface area contributed by atoms with Crippen LogP contribution in [0, 0.1) is 6.92 Å². The molecule has 0 saturated heterocycles. The average molecular weight is 217 g/mol. The minimum Gasteiger partial charge on any atom is -0.388 e. The van der Waals surface area contributed by atoms with Gasteiger partial charge in [0.25, 0.3) is 0 Å². The van der Waals surface area contributed by atoms with E-state index in [1.807, 2.05) is 36.6 Å². The quantitative estimate of drug-likeness (QED) is 0.852. The highest BCUT2D eigenvalue weighted by atomic mass is 16.3. The molecule has 1 N–H and O–H groups in total. The molecule has 0 saturated carbocycles. The van der Waals surface area contributed by atoms with Crippen LogP contribution in [0.25, 0.3) is 11.4 Å². The Hall–Kier alpha value is -1.68. The number of hydrogen-bond acceptors (Lipinski definition) is 3. The van der Waals surface area contributed by atoms with Crippen LogP contribution in [0.4, 0.5) is 0 Å². The number of aliphatic hydroxyl groups is 1. The minimum atomic E-state index is -0.0767. The molecule has 0 radical (unpaired) electrons. The van der Waals surface area contributed by atoms with Gasteiger partial charge in [0.05, 0.1) is 0 Å². The van der Waals surface area contributed by atoms with Crippen LogP contribution in [0.1, 0.15) is 18.3 Å². The largest absolute Gasteiger partial charge is 0.388 e. The van der Waals surface area contributed by atoms with Gasteiger partial charge in [-0.15, -0.1) is 10.2 Å². The molecule has 0 spiro atoms. The van der Waals surface area contributed by atoms with Gasteiger partial charge in [-0.3, -0.25) is 0 Å². The fourth-order valence-electron chi connectivity index (χ4n) is 1.78. The number of rotatable bonds is 3. The molecule has 84 valence electrons. The standard InChI is InChI=1S/C12H15N3O/c1-3-15-11(8-16)13-14-12(15)10-6-4-5-9(2)7-10/h4-7,16H,3,8H2,1-2H3. The summed E-state index contributed by atoms with van der Waals surface area (Å²) in [6.45, 7) is 4.74. The lowest BCUT2D eigenvalue weighted by Crippen LogP contribution is -2.03. The molecule has 2 rings (SSSR count). The maximum absolute atomic E-state index is 9.14. The molecular weight excluding hydrogens is 202 g/mol. The van der Waals surface area contributed by atoms with Gasteiger partial charge in [-0.05, 0) is 19.9 Å². The molecule has 2 aromatic rings. The zero-order valence-electron chi connectivity index (χ0n) is 9.51. The molecule has 4 heteroatoms. The summed E-state index contributed by atoms with van der Waals surface area (Å²) in [5, 5.41) is 17.2. The molecule has 16 heavy (non-hydrogen) atoms. The molecule has 0 fully saturated rings. The highest BCUT2D eigenvalue weighted by Crippen LogP contribution is 2.19. The molecule has 1 aromatic carbocycles. The number of nitrogens with zero attached hydrogens (tertiary/aromatic N) is 3. The predicted molar refractivity (Wildman–Crippen MR) is 61.8 cm³/mol. The molecule has 0 unspecified atom stereocenters. The van der Waals surface area contributed by atoms with E-state index < -0.39 is 0 Å². The number of hydrogen-bond donors (Lipinski definition) is 1. The number of benzene rings is 1. The van der Waals surface area contributed by atoms with Crippen LogP contribution in [0.3, 0.4) is 0 Å². The van der Waals surface area contributed by atoms with Crippen molar-refractivity contribution >= 4 is 0 Å². The number of aliphatic hydroxyl groups excluding tert-OH is 1. The first-order valence-corrected chi connectivity index (χ1v) is 5.36. The fourth-order valence-corrected chi connectivity index (χ4v) is 1.78. The third-order valence-corrected chi connectivity index (χ3v) is 2.56. The van der Waals surface area contributed by atoms with Crippen LogP contribution < -0.4 is 0 Å². The highest BCUT2D eigenvalue weighted by Gasteiger charge is 2.11. The first-order chi connectivity index (χ1) is 7.76. The summed E-state index contributed by atoms with van der Waals surface area (Å²) in [5.74, 6) is 1.43. The number of aromatic nitrogens is 3. The summed E-state index contributed by atoms with van der Waals surface area (Å²) >= 11 is 0. The Balaban J connectivity index is 2.51. The molecule has 0 aliphatic heterocycles. The maximum atomic E-state index is 9.14. The van der Waals surface area contributed by atoms with Crippen LogP contribution in [-0.2, 0) is 13.2 Å². The molecule has 0 bridgehead atoms. The second kappa shape index (κ2) is 4.45. The summed E-state index contributed by atoms with van der Waals surface area (Å²) in [5.41, 5.74) is 2.22. The molecule has 0 atom stereocenters. The van der Waals surface area contributed by atoms with Gasteiger partial charge >= 0.3 is 0 Å². The lowest BCUT2D eigenvalue weighted by atomic mass is 10.1. The Labute approximate surface area is 94.6 Å². The van der Waals surface area contributed by atoms with Gasteiger partial charge in [0.1, 0.15) is 6.61 Å². The molecular formula is C12H15N3O. The molecule has 0 aliphatic rings. The Morgan fingerprint density at radius 3 is 2.75 bits per heavy atom. The van der Waals surface area contributed by atoms with E-state index in [4.69, 9.17) is 5.11 Å². The monoisotopic (exact) mass is 217 g/mol. The first-order valence-electron chi connectivity index (χ1n) is 5.36. The summed E-state index contributed by atoms with van der Waals surface area (Å²) in [6, 6.07) is 8.11. The zero-order chi connectivity index (χ0) is 11.5. The van der Waals surface area contributed by atoms with Gasteiger partial charge in [0.2, 0.25) is 0 Å². The van der Waals surface area contributed by atoms with E-state index in [2.05, 4.69) is 16.3 Å². The Kier molecular flexibility index (Phi) is 3.01. The lowest BCUT2D eigenvalue weighted by Gasteiger charge is -2.06. The SMILES string of the molecule is CCn1c(CO)nnc1-c1cccc(C)c1. The van der Waals surface area contributed by atoms with Gasteiger partial charge < -0.3 is 9.67 Å². The predicted octanol–water partition coefficient (Wildman–Crippen LogP) is 1.77. The van der Waals surface area contributed by atoms with Crippen molar-refractivity contribution in [3.05, 3.63) is 35.7 Å². The summed E-state index contributed by atoms with van der Waals surface area (Å²) in [4.78, 5) is 0. The fraction of sp³-hybridized carbons (Fsp3) is 0.333. The average Bonchev–Trinajstić information content (AvgIpc) is 2.71. The molecule has 4 nitrogen and oxygen atoms in total. The van der Waals surface area contributed by atoms with Crippen molar-refractivity contribution in [3.8, 4) is 11.4 Å². The van der Waals surface area contributed by atoms with Crippen molar-refractivity contribution in [2.45, 2.75) is 27.0 Å². The Morgan fingerprint density at radius 2 is 2.12 bits per heavy atom. The third kappa shape index (κ3) is 1.84. The van der Waals surface area contributed by atoms with Crippen LogP contribution in [0.5, 0.6) is 0 Å². The van der Waals surface area contributed by atoms with Gasteiger partial charge in [0.15, 0.2) is 11.6 Å². The summed E-state index contributed by atoms with van der Waals surface area (Å²) in [7, 11) is 0. The van der Waals surface area contributed by atoms with Gasteiger partial charge in [-0.2, -0.15) is 0 Å². The summed E-state index contributed by atoms with van der Waals surface area (Å²) < 4.78 is 1.93. The van der Waals surface area contributed by atoms with E-state index in [-0.39, 0.29) is 6.61 Å². The van der Waals surface area contributed by atoms with E-state index in [0.29, 0.717) is 5.82 Å². The van der Waals surface area contributed by atoms with E-state index in [9.17, 15) is 0 Å². The van der Waals surface area contributed by atoms with Crippen molar-refractivity contribution in [2.24, 2.45) is 0 Å². The second-order valence-corrected chi connectivity index (χ2v) is 3.71. The Bertz CT molecular complexity index is 491. The van der Waals surface area contributed by atoms with Crippen molar-refractivity contribution in [1.29, 1.82) is 0 Å². The van der Waals surface area contributed by atoms with Crippen LogP contribution in [0.2, 0.25) is 0 Å². The van der Waals surface area contributed by atoms with Gasteiger partial charge in [-0.25, -0.2) is 0 Å². The van der Waals surface area contributed by atoms with Crippen LogP contribution in [-0.4, -0.2) is 19.9 Å². The Morgan fingerprint density at radius 1 is 1.31 bits per heavy atom. The molecule has 0 aliphatic carbocycles. The molecule has 1 heterocycles. The maximum Gasteiger partial charge on any atom is 0.164 e. The van der Waals surface area contributed by atoms with Crippen molar-refractivity contribution in [2.75, 3.05) is 0 Å². The zero-order valence-corrected chi connectivity index (χ0v) is 9.51. The molecule has 0 amide bonds. The van der Waals surface area contributed by atoms with Crippen molar-refractivity contribution in [1.82, 2.24) is 14.8 Å². The van der Waals surface area contributed by atoms with E-state index in [0.717, 1.165) is 17.9 Å². The smallest absolute Gasteiger partial charge is 0.164 e. The normalized spacial score (nSPS) is 10.7. The minimum absolute atomic E-state index is 0.0767. The van der Waals surface area contributed by atoms with E-state index in [1.54, 1.807) is 0 Å². The van der Waals surface area contributed by atoms with Gasteiger partial charge in [-0.1, -0.05) is 23.8 Å². The topological polar surface area (TPSA) is 50.9 Å². The first kappa shape index (κ1) is 10.8. The van der Waals surface area contributed by atoms with Gasteiger partial charge in [0, 0.05) is 12.1 Å². The number of aryl methyl sites for hydroxylation is 1. The van der Waals surface area contributed by atoms with Crippen LogP contribution >= 0.6 is 0 Å². The van der Waals surface area contributed by atoms with Crippen LogP contribution in [0.15, 0.2) is 24.3 Å². The molecule has 1 aromatic heterocycles. The second-order valence-electron chi connectivity index (χ2n) is 3.71. The van der Waals surface area contributed by atoms with Crippen molar-refractivity contribution in [3.63, 3.8) is 0 Å². The summed E-state index contributed by atoms with van der Waals surface area (Å²) in [6.07, 6.45) is 0. The van der Waals surface area contributed by atoms with E-state index in [1.165, 1.54) is 5.56 Å². The lowest BCUT2D eigenvalue weighted by molar-refractivity contribution is 0.265. The van der Waals surface area contributed by atoms with Crippen molar-refractivity contribution < 1.29 is 5.11 Å². The highest BCUT2D eigenvalue weighted by molar-refractivity contribution is 5.56.